The molecule has 0 spiro atoms. The van der Waals surface area contributed by atoms with Gasteiger partial charge in [0, 0.05) is 12.0 Å². The molecule has 0 saturated carbocycles. The molecule has 1 saturated heterocycles. The van der Waals surface area contributed by atoms with Gasteiger partial charge >= 0.3 is 6.03 Å². The van der Waals surface area contributed by atoms with E-state index < -0.39 is 0 Å². The number of allylic oxidation sites excluding steroid dienone is 3. The summed E-state index contributed by atoms with van der Waals surface area (Å²) in [4.78, 5) is 17.5. The molecule has 19 heavy (non-hydrogen) atoms. The van der Waals surface area contributed by atoms with E-state index in [9.17, 15) is 4.79 Å². The summed E-state index contributed by atoms with van der Waals surface area (Å²) < 4.78 is 0. The van der Waals surface area contributed by atoms with Crippen LogP contribution in [0.2, 0.25) is 0 Å². The zero-order chi connectivity index (χ0) is 14.5. The van der Waals surface area contributed by atoms with E-state index in [4.69, 9.17) is 4.84 Å². The highest BCUT2D eigenvalue weighted by Gasteiger charge is 2.33. The van der Waals surface area contributed by atoms with Crippen molar-refractivity contribution in [2.75, 3.05) is 6.61 Å². The van der Waals surface area contributed by atoms with Crippen LogP contribution < -0.4 is 5.32 Å². The van der Waals surface area contributed by atoms with Gasteiger partial charge in [0.05, 0.1) is 12.6 Å². The SMILES string of the molecule is C=C(/C=C\C=C/C)[C@@H]1CCON1C(=O)NC(C)(C)C. The first-order chi connectivity index (χ1) is 8.85. The molecule has 1 N–H and O–H groups in total. The van der Waals surface area contributed by atoms with Gasteiger partial charge < -0.3 is 5.32 Å². The van der Waals surface area contributed by atoms with Crippen molar-refractivity contribution < 1.29 is 9.63 Å². The summed E-state index contributed by atoms with van der Waals surface area (Å²) in [5, 5.41) is 4.29. The molecular formula is C15H24N2O2. The Balaban J connectivity index is 2.68. The van der Waals surface area contributed by atoms with Gasteiger partial charge in [-0.1, -0.05) is 30.9 Å². The van der Waals surface area contributed by atoms with Crippen molar-refractivity contribution in [3.63, 3.8) is 0 Å². The largest absolute Gasteiger partial charge is 0.342 e. The van der Waals surface area contributed by atoms with Crippen LogP contribution in [0.5, 0.6) is 0 Å². The molecular weight excluding hydrogens is 240 g/mol. The fourth-order valence-electron chi connectivity index (χ4n) is 1.78. The number of nitrogens with one attached hydrogen (secondary N) is 1. The van der Waals surface area contributed by atoms with Crippen LogP contribution in [0.1, 0.15) is 34.1 Å². The maximum Gasteiger partial charge on any atom is 0.342 e. The quantitative estimate of drug-likeness (QED) is 0.795. The topological polar surface area (TPSA) is 41.6 Å². The molecule has 0 aliphatic carbocycles. The molecule has 0 aromatic rings. The third kappa shape index (κ3) is 4.91. The number of hydrogen-bond acceptors (Lipinski definition) is 2. The molecule has 1 aliphatic rings. The van der Waals surface area contributed by atoms with E-state index in [1.54, 1.807) is 0 Å². The van der Waals surface area contributed by atoms with Crippen LogP contribution in [-0.4, -0.2) is 29.3 Å². The number of nitrogens with zero attached hydrogens (tertiary/aromatic N) is 1. The van der Waals surface area contributed by atoms with Crippen molar-refractivity contribution >= 4 is 6.03 Å². The molecule has 0 bridgehead atoms. The number of carbonyl (C=O) groups is 1. The maximum absolute atomic E-state index is 12.1. The number of urea groups is 1. The molecule has 4 heteroatoms. The van der Waals surface area contributed by atoms with Crippen molar-refractivity contribution in [2.24, 2.45) is 0 Å². The summed E-state index contributed by atoms with van der Waals surface area (Å²) in [6, 6.07) is -0.306. The van der Waals surface area contributed by atoms with Crippen LogP contribution in [0, 0.1) is 0 Å². The van der Waals surface area contributed by atoms with E-state index in [1.165, 1.54) is 5.06 Å². The molecule has 1 atom stereocenters. The van der Waals surface area contributed by atoms with Gasteiger partial charge in [-0.05, 0) is 33.3 Å². The summed E-state index contributed by atoms with van der Waals surface area (Å²) in [7, 11) is 0. The molecule has 1 aliphatic heterocycles. The van der Waals surface area contributed by atoms with Crippen molar-refractivity contribution in [3.8, 4) is 0 Å². The first kappa shape index (κ1) is 15.5. The average molecular weight is 264 g/mol. The predicted molar refractivity (Wildman–Crippen MR) is 77.6 cm³/mol. The molecule has 0 aromatic carbocycles. The lowest BCUT2D eigenvalue weighted by molar-refractivity contribution is -0.0814. The van der Waals surface area contributed by atoms with Crippen molar-refractivity contribution in [2.45, 2.75) is 45.7 Å². The molecule has 2 amide bonds. The number of amides is 2. The van der Waals surface area contributed by atoms with Gasteiger partial charge in [-0.15, -0.1) is 0 Å². The van der Waals surface area contributed by atoms with Gasteiger partial charge in [0.15, 0.2) is 0 Å². The summed E-state index contributed by atoms with van der Waals surface area (Å²) in [6.07, 6.45) is 8.48. The van der Waals surface area contributed by atoms with Crippen LogP contribution in [0.15, 0.2) is 36.5 Å². The second kappa shape index (κ2) is 6.57. The molecule has 0 unspecified atom stereocenters. The minimum absolute atomic E-state index is 0.0937. The Morgan fingerprint density at radius 3 is 2.68 bits per heavy atom. The molecule has 1 rings (SSSR count). The minimum Gasteiger partial charge on any atom is -0.332 e. The fourth-order valence-corrected chi connectivity index (χ4v) is 1.78. The molecule has 4 nitrogen and oxygen atoms in total. The predicted octanol–water partition coefficient (Wildman–Crippen LogP) is 3.19. The molecule has 1 fully saturated rings. The number of rotatable bonds is 3. The molecule has 1 heterocycles. The number of carbonyl (C=O) groups excluding carboxylic acids is 1. The van der Waals surface area contributed by atoms with E-state index in [1.807, 2.05) is 52.0 Å². The summed E-state index contributed by atoms with van der Waals surface area (Å²) in [6.45, 7) is 12.3. The molecule has 106 valence electrons. The monoisotopic (exact) mass is 264 g/mol. The smallest absolute Gasteiger partial charge is 0.332 e. The summed E-state index contributed by atoms with van der Waals surface area (Å²) in [5.74, 6) is 0. The molecule has 0 radical (unpaired) electrons. The highest BCUT2D eigenvalue weighted by molar-refractivity contribution is 5.75. The zero-order valence-electron chi connectivity index (χ0n) is 12.3. The lowest BCUT2D eigenvalue weighted by atomic mass is 10.1. The Kier molecular flexibility index (Phi) is 5.36. The van der Waals surface area contributed by atoms with Gasteiger partial charge in [-0.25, -0.2) is 4.79 Å². The summed E-state index contributed by atoms with van der Waals surface area (Å²) in [5.41, 5.74) is 0.593. The van der Waals surface area contributed by atoms with Crippen LogP contribution >= 0.6 is 0 Å². The lowest BCUT2D eigenvalue weighted by Gasteiger charge is -2.28. The van der Waals surface area contributed by atoms with Gasteiger partial charge in [-0.3, -0.25) is 4.84 Å². The van der Waals surface area contributed by atoms with Crippen molar-refractivity contribution in [1.29, 1.82) is 0 Å². The normalized spacial score (nSPS) is 20.4. The molecule has 0 aromatic heterocycles. The van der Waals surface area contributed by atoms with Crippen molar-refractivity contribution in [3.05, 3.63) is 36.5 Å². The summed E-state index contributed by atoms with van der Waals surface area (Å²) >= 11 is 0. The Morgan fingerprint density at radius 1 is 1.42 bits per heavy atom. The average Bonchev–Trinajstić information content (AvgIpc) is 2.75. The lowest BCUT2D eigenvalue weighted by Crippen LogP contribution is -2.49. The highest BCUT2D eigenvalue weighted by Crippen LogP contribution is 2.22. The fraction of sp³-hybridized carbons (Fsp3) is 0.533. The third-order valence-corrected chi connectivity index (χ3v) is 2.63. The standard InChI is InChI=1S/C15H24N2O2/c1-6-7-8-9-12(2)13-10-11-19-17(13)14(18)16-15(3,4)5/h6-9,13H,2,10-11H2,1,3-5H3,(H,16,18)/b7-6-,9-8-/t13-/m0/s1. The van der Waals surface area contributed by atoms with E-state index in [0.717, 1.165) is 12.0 Å². The Morgan fingerprint density at radius 2 is 2.11 bits per heavy atom. The maximum atomic E-state index is 12.1. The van der Waals surface area contributed by atoms with E-state index in [2.05, 4.69) is 11.9 Å². The van der Waals surface area contributed by atoms with Gasteiger partial charge in [0.1, 0.15) is 0 Å². The first-order valence-electron chi connectivity index (χ1n) is 6.57. The van der Waals surface area contributed by atoms with Crippen LogP contribution in [0.25, 0.3) is 0 Å². The van der Waals surface area contributed by atoms with E-state index in [0.29, 0.717) is 6.61 Å². The van der Waals surface area contributed by atoms with Gasteiger partial charge in [0.2, 0.25) is 0 Å². The van der Waals surface area contributed by atoms with Crippen LogP contribution in [-0.2, 0) is 4.84 Å². The van der Waals surface area contributed by atoms with Crippen LogP contribution in [0.3, 0.4) is 0 Å². The minimum atomic E-state index is -0.282. The van der Waals surface area contributed by atoms with Gasteiger partial charge in [-0.2, -0.15) is 5.06 Å². The van der Waals surface area contributed by atoms with Crippen molar-refractivity contribution in [1.82, 2.24) is 10.4 Å². The number of hydrogen-bond donors (Lipinski definition) is 1. The zero-order valence-corrected chi connectivity index (χ0v) is 12.3. The van der Waals surface area contributed by atoms with Crippen LogP contribution in [0.4, 0.5) is 4.79 Å². The first-order valence-corrected chi connectivity index (χ1v) is 6.57. The highest BCUT2D eigenvalue weighted by atomic mass is 16.7. The Bertz CT molecular complexity index is 391. The number of hydroxylamine groups is 2. The van der Waals surface area contributed by atoms with E-state index >= 15 is 0 Å². The Hall–Kier alpha value is -1.55. The van der Waals surface area contributed by atoms with E-state index in [-0.39, 0.29) is 17.6 Å². The third-order valence-electron chi connectivity index (χ3n) is 2.63. The van der Waals surface area contributed by atoms with Gasteiger partial charge in [0.25, 0.3) is 0 Å². The second-order valence-electron chi connectivity index (χ2n) is 5.60. The second-order valence-corrected chi connectivity index (χ2v) is 5.60. The Labute approximate surface area is 115 Å².